The molecule has 0 aliphatic carbocycles. The lowest BCUT2D eigenvalue weighted by Gasteiger charge is -2.22. The van der Waals surface area contributed by atoms with E-state index in [2.05, 4.69) is 18.0 Å². The summed E-state index contributed by atoms with van der Waals surface area (Å²) in [7, 11) is 1.94. The molecule has 2 heterocycles. The molecule has 0 fully saturated rings. The molecule has 18 heavy (non-hydrogen) atoms. The van der Waals surface area contributed by atoms with Crippen molar-refractivity contribution < 1.29 is 4.74 Å². The van der Waals surface area contributed by atoms with Crippen molar-refractivity contribution in [2.45, 2.75) is 12.5 Å². The van der Waals surface area contributed by atoms with Crippen molar-refractivity contribution in [2.75, 3.05) is 20.2 Å². The van der Waals surface area contributed by atoms with Gasteiger partial charge in [-0.3, -0.25) is 0 Å². The van der Waals surface area contributed by atoms with Gasteiger partial charge in [-0.1, -0.05) is 18.7 Å². The first kappa shape index (κ1) is 13.2. The van der Waals surface area contributed by atoms with Crippen LogP contribution < -0.4 is 5.32 Å². The van der Waals surface area contributed by atoms with Crippen molar-refractivity contribution in [3.05, 3.63) is 40.1 Å². The highest BCUT2D eigenvalue weighted by Gasteiger charge is 2.23. The van der Waals surface area contributed by atoms with Crippen LogP contribution in [0.15, 0.2) is 24.8 Å². The van der Waals surface area contributed by atoms with Gasteiger partial charge in [-0.25, -0.2) is 0 Å². The Kier molecular flexibility index (Phi) is 4.47. The van der Waals surface area contributed by atoms with Gasteiger partial charge in [0.25, 0.3) is 0 Å². The molecule has 1 aromatic heterocycles. The maximum Gasteiger partial charge on any atom is 0.0960 e. The molecule has 0 spiro atoms. The largest absolute Gasteiger partial charge is 0.372 e. The molecule has 0 aromatic carbocycles. The van der Waals surface area contributed by atoms with Crippen LogP contribution in [0.25, 0.3) is 5.57 Å². The molecule has 0 saturated carbocycles. The Bertz CT molecular complexity index is 476. The summed E-state index contributed by atoms with van der Waals surface area (Å²) in [6.45, 7) is 5.30. The number of likely N-dealkylation sites (N-methyl/N-ethyl adjacent to an activating group) is 1. The molecular formula is C14H18N2OS. The molecule has 0 bridgehead atoms. The predicted octanol–water partition coefficient (Wildman–Crippen LogP) is 2.80. The van der Waals surface area contributed by atoms with Crippen molar-refractivity contribution in [1.29, 1.82) is 5.41 Å². The summed E-state index contributed by atoms with van der Waals surface area (Å²) in [5, 5.41) is 10.6. The van der Waals surface area contributed by atoms with Crippen LogP contribution >= 0.6 is 11.3 Å². The summed E-state index contributed by atoms with van der Waals surface area (Å²) >= 11 is 1.76. The SMILES string of the molecule is C=C/C=C(\C=N)c1cc2c(s1)CCOC2CNC. The molecule has 1 atom stereocenters. The zero-order valence-corrected chi connectivity index (χ0v) is 11.3. The van der Waals surface area contributed by atoms with Gasteiger partial charge in [0.1, 0.15) is 0 Å². The maximum atomic E-state index is 7.46. The van der Waals surface area contributed by atoms with Gasteiger partial charge in [0.05, 0.1) is 12.7 Å². The number of thiophene rings is 1. The smallest absolute Gasteiger partial charge is 0.0960 e. The number of hydrogen-bond acceptors (Lipinski definition) is 4. The van der Waals surface area contributed by atoms with Gasteiger partial charge in [0.2, 0.25) is 0 Å². The number of hydrogen-bond donors (Lipinski definition) is 2. The summed E-state index contributed by atoms with van der Waals surface area (Å²) in [5.74, 6) is 0. The van der Waals surface area contributed by atoms with E-state index in [0.29, 0.717) is 0 Å². The Balaban J connectivity index is 2.34. The molecule has 1 aliphatic heterocycles. The third kappa shape index (κ3) is 2.61. The summed E-state index contributed by atoms with van der Waals surface area (Å²) in [5.41, 5.74) is 2.18. The Morgan fingerprint density at radius 2 is 2.56 bits per heavy atom. The predicted molar refractivity (Wildman–Crippen MR) is 77.6 cm³/mol. The first-order valence-electron chi connectivity index (χ1n) is 6.02. The Labute approximate surface area is 112 Å². The molecule has 96 valence electrons. The Hall–Kier alpha value is -1.23. The standard InChI is InChI=1S/C14H18N2OS/c1-3-4-10(8-15)14-7-11-12(9-16-2)17-6-5-13(11)18-14/h3-4,7-8,12,15-16H,1,5-6,9H2,2H3/b10-4+,15-8?. The van der Waals surface area contributed by atoms with Gasteiger partial charge < -0.3 is 15.5 Å². The number of rotatable bonds is 5. The number of ether oxygens (including phenoxy) is 1. The van der Waals surface area contributed by atoms with Crippen LogP contribution in [-0.4, -0.2) is 26.4 Å². The quantitative estimate of drug-likeness (QED) is 0.633. The van der Waals surface area contributed by atoms with E-state index in [4.69, 9.17) is 10.1 Å². The molecule has 0 saturated heterocycles. The van der Waals surface area contributed by atoms with Crippen molar-refractivity contribution in [1.82, 2.24) is 5.32 Å². The molecule has 2 N–H and O–H groups in total. The van der Waals surface area contributed by atoms with Gasteiger partial charge in [-0.05, 0) is 18.7 Å². The highest BCUT2D eigenvalue weighted by atomic mass is 32.1. The minimum Gasteiger partial charge on any atom is -0.372 e. The molecule has 3 nitrogen and oxygen atoms in total. The second-order valence-electron chi connectivity index (χ2n) is 4.16. The maximum absolute atomic E-state index is 7.46. The fourth-order valence-corrected chi connectivity index (χ4v) is 3.31. The molecule has 0 radical (unpaired) electrons. The number of fused-ring (bicyclic) bond motifs is 1. The molecule has 0 amide bonds. The molecule has 1 aliphatic rings. The van der Waals surface area contributed by atoms with Crippen LogP contribution in [0.3, 0.4) is 0 Å². The summed E-state index contributed by atoms with van der Waals surface area (Å²) in [4.78, 5) is 2.51. The van der Waals surface area contributed by atoms with E-state index in [1.54, 1.807) is 17.4 Å². The first-order chi connectivity index (χ1) is 8.80. The third-order valence-corrected chi connectivity index (χ3v) is 4.22. The van der Waals surface area contributed by atoms with Crippen LogP contribution in [0, 0.1) is 5.41 Å². The zero-order chi connectivity index (χ0) is 13.0. The average Bonchev–Trinajstić information content (AvgIpc) is 2.81. The van der Waals surface area contributed by atoms with E-state index in [1.807, 2.05) is 13.1 Å². The third-order valence-electron chi connectivity index (χ3n) is 2.96. The van der Waals surface area contributed by atoms with Gasteiger partial charge in [0, 0.05) is 34.5 Å². The summed E-state index contributed by atoms with van der Waals surface area (Å²) in [6.07, 6.45) is 6.09. The molecule has 1 aromatic rings. The second kappa shape index (κ2) is 6.09. The molecule has 2 rings (SSSR count). The van der Waals surface area contributed by atoms with Crippen LogP contribution in [-0.2, 0) is 11.2 Å². The van der Waals surface area contributed by atoms with Crippen LogP contribution in [0.5, 0.6) is 0 Å². The topological polar surface area (TPSA) is 45.1 Å². The summed E-state index contributed by atoms with van der Waals surface area (Å²) < 4.78 is 5.78. The van der Waals surface area contributed by atoms with Gasteiger partial charge in [-0.2, -0.15) is 0 Å². The van der Waals surface area contributed by atoms with E-state index in [1.165, 1.54) is 16.7 Å². The van der Waals surface area contributed by atoms with Crippen molar-refractivity contribution in [3.8, 4) is 0 Å². The van der Waals surface area contributed by atoms with E-state index < -0.39 is 0 Å². The fourth-order valence-electron chi connectivity index (χ4n) is 2.12. The Morgan fingerprint density at radius 3 is 3.22 bits per heavy atom. The van der Waals surface area contributed by atoms with Crippen LogP contribution in [0.2, 0.25) is 0 Å². The first-order valence-corrected chi connectivity index (χ1v) is 6.84. The van der Waals surface area contributed by atoms with Gasteiger partial charge in [0.15, 0.2) is 0 Å². The van der Waals surface area contributed by atoms with Gasteiger partial charge >= 0.3 is 0 Å². The average molecular weight is 262 g/mol. The molecular weight excluding hydrogens is 244 g/mol. The molecule has 1 unspecified atom stereocenters. The Morgan fingerprint density at radius 1 is 1.72 bits per heavy atom. The monoisotopic (exact) mass is 262 g/mol. The van der Waals surface area contributed by atoms with E-state index >= 15 is 0 Å². The van der Waals surface area contributed by atoms with Crippen LogP contribution in [0.1, 0.15) is 21.4 Å². The zero-order valence-electron chi connectivity index (χ0n) is 10.5. The fraction of sp³-hybridized carbons (Fsp3) is 0.357. The van der Waals surface area contributed by atoms with E-state index in [0.717, 1.165) is 30.0 Å². The van der Waals surface area contributed by atoms with Crippen LogP contribution in [0.4, 0.5) is 0 Å². The highest BCUT2D eigenvalue weighted by Crippen LogP contribution is 2.36. The normalized spacial score (nSPS) is 19.4. The van der Waals surface area contributed by atoms with E-state index in [9.17, 15) is 0 Å². The lowest BCUT2D eigenvalue weighted by atomic mass is 10.0. The van der Waals surface area contributed by atoms with Crippen molar-refractivity contribution in [3.63, 3.8) is 0 Å². The van der Waals surface area contributed by atoms with Gasteiger partial charge in [-0.15, -0.1) is 11.3 Å². The number of nitrogens with one attached hydrogen (secondary N) is 2. The second-order valence-corrected chi connectivity index (χ2v) is 5.30. The number of allylic oxidation sites excluding steroid dienone is 3. The summed E-state index contributed by atoms with van der Waals surface area (Å²) in [6, 6.07) is 2.15. The highest BCUT2D eigenvalue weighted by molar-refractivity contribution is 7.13. The van der Waals surface area contributed by atoms with Crippen molar-refractivity contribution >= 4 is 23.1 Å². The lowest BCUT2D eigenvalue weighted by Crippen LogP contribution is -2.24. The minimum atomic E-state index is 0.138. The van der Waals surface area contributed by atoms with Crippen molar-refractivity contribution in [2.24, 2.45) is 0 Å². The van der Waals surface area contributed by atoms with E-state index in [-0.39, 0.29) is 6.10 Å². The lowest BCUT2D eigenvalue weighted by molar-refractivity contribution is 0.0451. The molecule has 4 heteroatoms. The minimum absolute atomic E-state index is 0.138.